The Morgan fingerprint density at radius 2 is 1.94 bits per heavy atom. The molecule has 0 saturated heterocycles. The lowest BCUT2D eigenvalue weighted by atomic mass is 9.88. The van der Waals surface area contributed by atoms with Crippen molar-refractivity contribution in [3.63, 3.8) is 0 Å². The van der Waals surface area contributed by atoms with Crippen LogP contribution in [0.2, 0.25) is 0 Å². The fraction of sp³-hybridized carbons (Fsp3) is 0.923. The summed E-state index contributed by atoms with van der Waals surface area (Å²) in [6.07, 6.45) is 8.24. The van der Waals surface area contributed by atoms with E-state index in [0.29, 0.717) is 19.1 Å². The monoisotopic (exact) mass is 228 g/mol. The Kier molecular flexibility index (Phi) is 5.26. The van der Waals surface area contributed by atoms with E-state index in [1.54, 1.807) is 13.8 Å². The average Bonchev–Trinajstić information content (AvgIpc) is 2.26. The molecule has 0 spiro atoms. The van der Waals surface area contributed by atoms with Gasteiger partial charge in [-0.05, 0) is 39.5 Å². The Labute approximate surface area is 98.2 Å². The standard InChI is InChI=1S/C13H24O3/c1-13(2,12(14)15)9-6-10-16-11-7-4-3-5-8-11/h11H,3-10H2,1-2H3,(H,14,15). The Balaban J connectivity index is 2.09. The number of carbonyl (C=O) groups is 1. The Morgan fingerprint density at radius 3 is 2.50 bits per heavy atom. The summed E-state index contributed by atoms with van der Waals surface area (Å²) in [6, 6.07) is 0. The molecule has 0 aromatic heterocycles. The van der Waals surface area contributed by atoms with Crippen LogP contribution < -0.4 is 0 Å². The molecule has 0 heterocycles. The summed E-state index contributed by atoms with van der Waals surface area (Å²) in [5.74, 6) is -0.717. The molecule has 0 aromatic rings. The minimum Gasteiger partial charge on any atom is -0.481 e. The molecule has 1 aliphatic rings. The molecule has 3 nitrogen and oxygen atoms in total. The smallest absolute Gasteiger partial charge is 0.309 e. The van der Waals surface area contributed by atoms with E-state index in [1.165, 1.54) is 32.1 Å². The lowest BCUT2D eigenvalue weighted by molar-refractivity contribution is -0.147. The third-order valence-electron chi connectivity index (χ3n) is 3.43. The maximum Gasteiger partial charge on any atom is 0.309 e. The van der Waals surface area contributed by atoms with Crippen molar-refractivity contribution in [1.29, 1.82) is 0 Å². The molecule has 0 aliphatic heterocycles. The average molecular weight is 228 g/mol. The number of hydrogen-bond donors (Lipinski definition) is 1. The molecule has 94 valence electrons. The predicted octanol–water partition coefficient (Wildman–Crippen LogP) is 3.23. The largest absolute Gasteiger partial charge is 0.481 e. The molecule has 1 rings (SSSR count). The van der Waals surface area contributed by atoms with Crippen molar-refractivity contribution in [2.75, 3.05) is 6.61 Å². The minimum atomic E-state index is -0.717. The lowest BCUT2D eigenvalue weighted by Gasteiger charge is -2.23. The van der Waals surface area contributed by atoms with Crippen LogP contribution in [0.1, 0.15) is 58.8 Å². The summed E-state index contributed by atoms with van der Waals surface area (Å²) in [4.78, 5) is 10.9. The lowest BCUT2D eigenvalue weighted by Crippen LogP contribution is -2.24. The molecule has 0 radical (unpaired) electrons. The molecule has 0 bridgehead atoms. The van der Waals surface area contributed by atoms with Crippen molar-refractivity contribution in [2.24, 2.45) is 5.41 Å². The van der Waals surface area contributed by atoms with E-state index in [1.807, 2.05) is 0 Å². The number of hydrogen-bond acceptors (Lipinski definition) is 2. The molecule has 3 heteroatoms. The third kappa shape index (κ3) is 4.52. The highest BCUT2D eigenvalue weighted by molar-refractivity contribution is 5.73. The second-order valence-corrected chi connectivity index (χ2v) is 5.42. The van der Waals surface area contributed by atoms with Gasteiger partial charge in [-0.15, -0.1) is 0 Å². The van der Waals surface area contributed by atoms with Crippen LogP contribution in [-0.2, 0) is 9.53 Å². The van der Waals surface area contributed by atoms with Gasteiger partial charge < -0.3 is 9.84 Å². The quantitative estimate of drug-likeness (QED) is 0.710. The van der Waals surface area contributed by atoms with Gasteiger partial charge in [-0.3, -0.25) is 4.79 Å². The van der Waals surface area contributed by atoms with Crippen LogP contribution in [0.4, 0.5) is 0 Å². The van der Waals surface area contributed by atoms with Crippen molar-refractivity contribution in [3.8, 4) is 0 Å². The summed E-state index contributed by atoms with van der Waals surface area (Å²) in [7, 11) is 0. The molecule has 1 saturated carbocycles. The van der Waals surface area contributed by atoms with Crippen molar-refractivity contribution in [3.05, 3.63) is 0 Å². The first-order valence-electron chi connectivity index (χ1n) is 6.37. The Morgan fingerprint density at radius 1 is 1.31 bits per heavy atom. The topological polar surface area (TPSA) is 46.5 Å². The minimum absolute atomic E-state index is 0.432. The van der Waals surface area contributed by atoms with E-state index >= 15 is 0 Å². The molecule has 0 aromatic carbocycles. The zero-order chi connectivity index (χ0) is 12.0. The summed E-state index contributed by atoms with van der Waals surface area (Å²) in [5.41, 5.74) is -0.615. The fourth-order valence-electron chi connectivity index (χ4n) is 2.10. The van der Waals surface area contributed by atoms with Gasteiger partial charge in [0.2, 0.25) is 0 Å². The van der Waals surface area contributed by atoms with Crippen molar-refractivity contribution < 1.29 is 14.6 Å². The van der Waals surface area contributed by atoms with Gasteiger partial charge in [0.05, 0.1) is 11.5 Å². The van der Waals surface area contributed by atoms with Crippen molar-refractivity contribution in [2.45, 2.75) is 64.9 Å². The summed E-state index contributed by atoms with van der Waals surface area (Å²) in [6.45, 7) is 4.26. The highest BCUT2D eigenvalue weighted by atomic mass is 16.5. The Hall–Kier alpha value is -0.570. The van der Waals surface area contributed by atoms with Gasteiger partial charge in [-0.25, -0.2) is 0 Å². The van der Waals surface area contributed by atoms with Crippen molar-refractivity contribution in [1.82, 2.24) is 0 Å². The van der Waals surface area contributed by atoms with Crippen LogP contribution >= 0.6 is 0 Å². The summed E-state index contributed by atoms with van der Waals surface area (Å²) < 4.78 is 5.77. The fourth-order valence-corrected chi connectivity index (χ4v) is 2.10. The van der Waals surface area contributed by atoms with E-state index in [0.717, 1.165) is 6.42 Å². The molecular formula is C13H24O3. The van der Waals surface area contributed by atoms with Gasteiger partial charge in [0.25, 0.3) is 0 Å². The van der Waals surface area contributed by atoms with Crippen LogP contribution in [0.5, 0.6) is 0 Å². The SMILES string of the molecule is CC(C)(CCCOC1CCCCC1)C(=O)O. The molecule has 0 atom stereocenters. The Bertz CT molecular complexity index is 217. The summed E-state index contributed by atoms with van der Waals surface area (Å²) in [5, 5.41) is 8.95. The molecule has 0 amide bonds. The van der Waals surface area contributed by atoms with Gasteiger partial charge in [-0.1, -0.05) is 19.3 Å². The van der Waals surface area contributed by atoms with E-state index in [4.69, 9.17) is 9.84 Å². The molecule has 1 aliphatic carbocycles. The van der Waals surface area contributed by atoms with Crippen LogP contribution in [0, 0.1) is 5.41 Å². The second-order valence-electron chi connectivity index (χ2n) is 5.42. The molecular weight excluding hydrogens is 204 g/mol. The number of ether oxygens (including phenoxy) is 1. The maximum atomic E-state index is 10.9. The van der Waals surface area contributed by atoms with Gasteiger partial charge >= 0.3 is 5.97 Å². The highest BCUT2D eigenvalue weighted by Crippen LogP contribution is 2.24. The van der Waals surface area contributed by atoms with Crippen molar-refractivity contribution >= 4 is 5.97 Å². The van der Waals surface area contributed by atoms with E-state index in [-0.39, 0.29) is 0 Å². The number of carboxylic acid groups (broad SMARTS) is 1. The molecule has 0 unspecified atom stereocenters. The molecule has 1 N–H and O–H groups in total. The van der Waals surface area contributed by atoms with Crippen LogP contribution in [0.15, 0.2) is 0 Å². The number of rotatable bonds is 6. The maximum absolute atomic E-state index is 10.9. The third-order valence-corrected chi connectivity index (χ3v) is 3.43. The van der Waals surface area contributed by atoms with E-state index < -0.39 is 11.4 Å². The normalized spacial score (nSPS) is 18.6. The molecule has 1 fully saturated rings. The van der Waals surface area contributed by atoms with Gasteiger partial charge in [-0.2, -0.15) is 0 Å². The first kappa shape index (κ1) is 13.5. The second kappa shape index (κ2) is 6.24. The zero-order valence-corrected chi connectivity index (χ0v) is 10.5. The van der Waals surface area contributed by atoms with Crippen LogP contribution in [0.25, 0.3) is 0 Å². The van der Waals surface area contributed by atoms with Crippen LogP contribution in [0.3, 0.4) is 0 Å². The number of carboxylic acids is 1. The first-order chi connectivity index (χ1) is 7.52. The predicted molar refractivity (Wildman–Crippen MR) is 63.5 cm³/mol. The number of aliphatic carboxylic acids is 1. The van der Waals surface area contributed by atoms with E-state index in [9.17, 15) is 4.79 Å². The summed E-state index contributed by atoms with van der Waals surface area (Å²) >= 11 is 0. The van der Waals surface area contributed by atoms with Gasteiger partial charge in [0.1, 0.15) is 0 Å². The highest BCUT2D eigenvalue weighted by Gasteiger charge is 2.26. The zero-order valence-electron chi connectivity index (χ0n) is 10.5. The first-order valence-corrected chi connectivity index (χ1v) is 6.37. The van der Waals surface area contributed by atoms with E-state index in [2.05, 4.69) is 0 Å². The van der Waals surface area contributed by atoms with Gasteiger partial charge in [0.15, 0.2) is 0 Å². The molecule has 16 heavy (non-hydrogen) atoms. The van der Waals surface area contributed by atoms with Crippen LogP contribution in [-0.4, -0.2) is 23.8 Å². The van der Waals surface area contributed by atoms with Gasteiger partial charge in [0, 0.05) is 6.61 Å².